The molecule has 0 aliphatic heterocycles. The second-order valence-corrected chi connectivity index (χ2v) is 4.70. The van der Waals surface area contributed by atoms with Gasteiger partial charge in [-0.2, -0.15) is 0 Å². The lowest BCUT2D eigenvalue weighted by atomic mass is 10.2. The van der Waals surface area contributed by atoms with Gasteiger partial charge in [0.25, 0.3) is 5.56 Å². The minimum absolute atomic E-state index is 0.0628. The van der Waals surface area contributed by atoms with Gasteiger partial charge in [0.2, 0.25) is 0 Å². The molecule has 0 aliphatic rings. The summed E-state index contributed by atoms with van der Waals surface area (Å²) in [5, 5.41) is 0.949. The van der Waals surface area contributed by atoms with Crippen LogP contribution in [-0.4, -0.2) is 9.66 Å². The van der Waals surface area contributed by atoms with Crippen LogP contribution < -0.4 is 11.0 Å². The van der Waals surface area contributed by atoms with Gasteiger partial charge in [-0.3, -0.25) is 4.79 Å². The molecule has 0 bridgehead atoms. The van der Waals surface area contributed by atoms with Crippen molar-refractivity contribution in [1.82, 2.24) is 9.66 Å². The van der Waals surface area contributed by atoms with Gasteiger partial charge in [-0.15, -0.1) is 0 Å². The largest absolute Gasteiger partial charge is 0.317 e. The third-order valence-corrected chi connectivity index (χ3v) is 3.23. The quantitative estimate of drug-likeness (QED) is 0.791. The zero-order chi connectivity index (χ0) is 13.9. The van der Waals surface area contributed by atoms with Crippen molar-refractivity contribution in [3.05, 3.63) is 76.2 Å². The fourth-order valence-corrected chi connectivity index (χ4v) is 2.19. The van der Waals surface area contributed by atoms with Crippen LogP contribution in [0.5, 0.6) is 0 Å². The fourth-order valence-electron chi connectivity index (χ4n) is 2.19. The number of nitrogens with one attached hydrogen (secondary N) is 1. The molecule has 20 heavy (non-hydrogen) atoms. The SMILES string of the molecule is Cc1cc2cccnc2n(NCc2ccccc2)c1=O. The Morgan fingerprint density at radius 2 is 1.95 bits per heavy atom. The summed E-state index contributed by atoms with van der Waals surface area (Å²) in [7, 11) is 0. The summed E-state index contributed by atoms with van der Waals surface area (Å²) in [6.07, 6.45) is 1.69. The maximum atomic E-state index is 12.3. The van der Waals surface area contributed by atoms with E-state index < -0.39 is 0 Å². The van der Waals surface area contributed by atoms with Gasteiger partial charge in [0.05, 0.1) is 6.54 Å². The Labute approximate surface area is 116 Å². The first-order valence-electron chi connectivity index (χ1n) is 6.51. The molecule has 0 radical (unpaired) electrons. The minimum atomic E-state index is -0.0628. The van der Waals surface area contributed by atoms with Crippen LogP contribution in [0.3, 0.4) is 0 Å². The summed E-state index contributed by atoms with van der Waals surface area (Å²) >= 11 is 0. The molecule has 0 amide bonds. The van der Waals surface area contributed by atoms with Crippen molar-refractivity contribution < 1.29 is 0 Å². The van der Waals surface area contributed by atoms with Crippen molar-refractivity contribution in [1.29, 1.82) is 0 Å². The third kappa shape index (κ3) is 2.28. The Morgan fingerprint density at radius 3 is 2.75 bits per heavy atom. The van der Waals surface area contributed by atoms with Crippen molar-refractivity contribution in [2.75, 3.05) is 5.43 Å². The van der Waals surface area contributed by atoms with E-state index in [0.717, 1.165) is 10.9 Å². The smallest absolute Gasteiger partial charge is 0.273 e. The van der Waals surface area contributed by atoms with Crippen molar-refractivity contribution in [3.63, 3.8) is 0 Å². The molecule has 1 N–H and O–H groups in total. The van der Waals surface area contributed by atoms with Crippen molar-refractivity contribution in [2.24, 2.45) is 0 Å². The highest BCUT2D eigenvalue weighted by atomic mass is 16.1. The number of fused-ring (bicyclic) bond motifs is 1. The lowest BCUT2D eigenvalue weighted by Gasteiger charge is -2.13. The molecule has 4 nitrogen and oxygen atoms in total. The molecule has 0 unspecified atom stereocenters. The summed E-state index contributed by atoms with van der Waals surface area (Å²) < 4.78 is 1.53. The topological polar surface area (TPSA) is 46.9 Å². The third-order valence-electron chi connectivity index (χ3n) is 3.23. The summed E-state index contributed by atoms with van der Waals surface area (Å²) in [5.41, 5.74) is 5.56. The molecule has 3 aromatic rings. The molecule has 0 saturated heterocycles. The van der Waals surface area contributed by atoms with Gasteiger partial charge < -0.3 is 5.43 Å². The maximum absolute atomic E-state index is 12.3. The molecular weight excluding hydrogens is 250 g/mol. The van der Waals surface area contributed by atoms with Crippen LogP contribution in [0.4, 0.5) is 0 Å². The molecule has 4 heteroatoms. The lowest BCUT2D eigenvalue weighted by Crippen LogP contribution is -2.30. The van der Waals surface area contributed by atoms with Crippen LogP contribution in [0, 0.1) is 6.92 Å². The van der Waals surface area contributed by atoms with Crippen LogP contribution in [0.1, 0.15) is 11.1 Å². The molecule has 100 valence electrons. The standard InChI is InChI=1S/C16H15N3O/c1-12-10-14-8-5-9-17-15(14)19(16(12)20)18-11-13-6-3-2-4-7-13/h2-10,18H,11H2,1H3. The molecule has 2 aromatic heterocycles. The summed E-state index contributed by atoms with van der Waals surface area (Å²) in [6, 6.07) is 15.7. The Hall–Kier alpha value is -2.62. The first kappa shape index (κ1) is 12.4. The van der Waals surface area contributed by atoms with E-state index in [9.17, 15) is 4.79 Å². The minimum Gasteiger partial charge on any atom is -0.317 e. The zero-order valence-electron chi connectivity index (χ0n) is 11.2. The predicted molar refractivity (Wildman–Crippen MR) is 80.2 cm³/mol. The molecule has 0 saturated carbocycles. The van der Waals surface area contributed by atoms with Crippen molar-refractivity contribution in [2.45, 2.75) is 13.5 Å². The van der Waals surface area contributed by atoms with Crippen LogP contribution in [0.2, 0.25) is 0 Å². The number of aryl methyl sites for hydroxylation is 1. The monoisotopic (exact) mass is 265 g/mol. The van der Waals surface area contributed by atoms with Crippen molar-refractivity contribution in [3.8, 4) is 0 Å². The molecule has 0 aliphatic carbocycles. The number of hydrogen-bond donors (Lipinski definition) is 1. The number of pyridine rings is 2. The average Bonchev–Trinajstić information content (AvgIpc) is 2.49. The average molecular weight is 265 g/mol. The molecule has 0 spiro atoms. The Bertz CT molecular complexity index is 794. The summed E-state index contributed by atoms with van der Waals surface area (Å²) in [4.78, 5) is 16.6. The van der Waals surface area contributed by atoms with Crippen LogP contribution in [-0.2, 0) is 6.54 Å². The summed E-state index contributed by atoms with van der Waals surface area (Å²) in [6.45, 7) is 2.39. The van der Waals surface area contributed by atoms with Crippen LogP contribution in [0.25, 0.3) is 11.0 Å². The number of nitrogens with zero attached hydrogens (tertiary/aromatic N) is 2. The van der Waals surface area contributed by atoms with Crippen LogP contribution >= 0.6 is 0 Å². The lowest BCUT2D eigenvalue weighted by molar-refractivity contribution is 0.817. The van der Waals surface area contributed by atoms with Crippen molar-refractivity contribution >= 4 is 11.0 Å². The van der Waals surface area contributed by atoms with E-state index in [1.165, 1.54) is 4.68 Å². The molecule has 0 fully saturated rings. The van der Waals surface area contributed by atoms with E-state index in [2.05, 4.69) is 10.4 Å². The van der Waals surface area contributed by atoms with Gasteiger partial charge >= 0.3 is 0 Å². The molecule has 1 aromatic carbocycles. The van der Waals surface area contributed by atoms with E-state index in [1.54, 1.807) is 6.20 Å². The molecule has 3 rings (SSSR count). The zero-order valence-corrected chi connectivity index (χ0v) is 11.2. The second kappa shape index (κ2) is 5.17. The highest BCUT2D eigenvalue weighted by molar-refractivity contribution is 5.75. The van der Waals surface area contributed by atoms with Gasteiger partial charge in [0.15, 0.2) is 5.65 Å². The molecule has 2 heterocycles. The van der Waals surface area contributed by atoms with Gasteiger partial charge in [0, 0.05) is 17.1 Å². The highest BCUT2D eigenvalue weighted by Gasteiger charge is 2.06. The normalized spacial score (nSPS) is 10.7. The Morgan fingerprint density at radius 1 is 1.15 bits per heavy atom. The van der Waals surface area contributed by atoms with E-state index in [0.29, 0.717) is 17.8 Å². The van der Waals surface area contributed by atoms with Gasteiger partial charge in [-0.25, -0.2) is 9.66 Å². The van der Waals surface area contributed by atoms with E-state index in [1.807, 2.05) is 55.5 Å². The van der Waals surface area contributed by atoms with E-state index in [4.69, 9.17) is 0 Å². The molecular formula is C16H15N3O. The van der Waals surface area contributed by atoms with E-state index >= 15 is 0 Å². The van der Waals surface area contributed by atoms with E-state index in [-0.39, 0.29) is 5.56 Å². The number of hydrogen-bond acceptors (Lipinski definition) is 3. The fraction of sp³-hybridized carbons (Fsp3) is 0.125. The molecule has 0 atom stereocenters. The van der Waals surface area contributed by atoms with Gasteiger partial charge in [-0.1, -0.05) is 30.3 Å². The number of rotatable bonds is 3. The van der Waals surface area contributed by atoms with Gasteiger partial charge in [-0.05, 0) is 30.7 Å². The number of aromatic nitrogens is 2. The maximum Gasteiger partial charge on any atom is 0.273 e. The Kier molecular flexibility index (Phi) is 3.21. The number of benzene rings is 1. The second-order valence-electron chi connectivity index (χ2n) is 4.70. The highest BCUT2D eigenvalue weighted by Crippen LogP contribution is 2.09. The Balaban J connectivity index is 2.02. The predicted octanol–water partition coefficient (Wildman–Crippen LogP) is 2.45. The summed E-state index contributed by atoms with van der Waals surface area (Å²) in [5.74, 6) is 0. The first-order chi connectivity index (χ1) is 9.75. The first-order valence-corrected chi connectivity index (χ1v) is 6.51. The van der Waals surface area contributed by atoms with Crippen LogP contribution in [0.15, 0.2) is 59.5 Å². The van der Waals surface area contributed by atoms with Gasteiger partial charge in [0.1, 0.15) is 0 Å².